The Labute approximate surface area is 113 Å². The number of fused-ring (bicyclic) bond motifs is 1. The van der Waals surface area contributed by atoms with Crippen molar-refractivity contribution in [3.05, 3.63) is 28.4 Å². The molecular weight excluding hydrogens is 270 g/mol. The Balaban J connectivity index is 2.00. The van der Waals surface area contributed by atoms with Crippen LogP contribution in [0, 0.1) is 4.64 Å². The molecule has 1 saturated heterocycles. The average molecular weight is 283 g/mol. The minimum absolute atomic E-state index is 0.174. The number of aromatic nitrogens is 1. The molecule has 2 aromatic rings. The predicted octanol–water partition coefficient (Wildman–Crippen LogP) is 2.07. The number of hydrogen-bond acceptors (Lipinski definition) is 5. The topological polar surface area (TPSA) is 54.6 Å². The fourth-order valence-corrected chi connectivity index (χ4v) is 3.52. The van der Waals surface area contributed by atoms with Gasteiger partial charge in [0.1, 0.15) is 17.0 Å². The molecule has 96 valence electrons. The second kappa shape index (κ2) is 4.71. The van der Waals surface area contributed by atoms with Crippen molar-refractivity contribution in [3.8, 4) is 0 Å². The molecule has 0 unspecified atom stereocenters. The summed E-state index contributed by atoms with van der Waals surface area (Å²) in [6.45, 7) is -0.174. The maximum absolute atomic E-state index is 9.76. The lowest BCUT2D eigenvalue weighted by molar-refractivity contribution is -0.0447. The summed E-state index contributed by atoms with van der Waals surface area (Å²) >= 11 is 7.05. The lowest BCUT2D eigenvalue weighted by Crippen LogP contribution is -2.24. The van der Waals surface area contributed by atoms with Crippen molar-refractivity contribution in [2.24, 2.45) is 0 Å². The fraction of sp³-hybridized carbons (Fsp3) is 0.417. The van der Waals surface area contributed by atoms with E-state index >= 15 is 0 Å². The molecule has 0 aliphatic carbocycles. The highest BCUT2D eigenvalue weighted by molar-refractivity contribution is 7.71. The Morgan fingerprint density at radius 1 is 1.50 bits per heavy atom. The minimum atomic E-state index is -0.638. The number of ether oxygens (including phenoxy) is 1. The molecule has 2 aromatic heterocycles. The van der Waals surface area contributed by atoms with Gasteiger partial charge in [0.15, 0.2) is 0 Å². The number of nitrogens with zero attached hydrogens (tertiary/aromatic N) is 1. The van der Waals surface area contributed by atoms with E-state index in [1.165, 1.54) is 0 Å². The third-order valence-corrected chi connectivity index (χ3v) is 4.71. The molecule has 0 saturated carbocycles. The van der Waals surface area contributed by atoms with E-state index in [2.05, 4.69) is 0 Å². The van der Waals surface area contributed by atoms with Gasteiger partial charge >= 0.3 is 0 Å². The lowest BCUT2D eigenvalue weighted by atomic mass is 10.2. The summed E-state index contributed by atoms with van der Waals surface area (Å²) < 4.78 is 9.24. The number of rotatable bonds is 2. The quantitative estimate of drug-likeness (QED) is 0.829. The van der Waals surface area contributed by atoms with Gasteiger partial charge in [-0.25, -0.2) is 0 Å². The summed E-state index contributed by atoms with van der Waals surface area (Å²) in [6, 6.07) is 4.02. The molecule has 4 nitrogen and oxygen atoms in total. The second-order valence-corrected chi connectivity index (χ2v) is 5.65. The summed E-state index contributed by atoms with van der Waals surface area (Å²) in [5.74, 6) is 0. The highest BCUT2D eigenvalue weighted by Gasteiger charge is 2.34. The largest absolute Gasteiger partial charge is 0.394 e. The maximum Gasteiger partial charge on any atom is 0.137 e. The molecule has 0 aromatic carbocycles. The molecule has 3 heterocycles. The van der Waals surface area contributed by atoms with Gasteiger partial charge in [0.05, 0.1) is 17.4 Å². The number of aliphatic hydroxyl groups is 2. The molecule has 1 aliphatic rings. The highest BCUT2D eigenvalue weighted by Crippen LogP contribution is 2.31. The minimum Gasteiger partial charge on any atom is -0.394 e. The van der Waals surface area contributed by atoms with Crippen LogP contribution in [0.2, 0.25) is 0 Å². The molecule has 0 radical (unpaired) electrons. The molecule has 0 amide bonds. The Hall–Kier alpha value is -0.790. The molecule has 2 N–H and O–H groups in total. The lowest BCUT2D eigenvalue weighted by Gasteiger charge is -2.16. The van der Waals surface area contributed by atoms with Crippen molar-refractivity contribution in [2.75, 3.05) is 6.61 Å². The molecule has 18 heavy (non-hydrogen) atoms. The summed E-state index contributed by atoms with van der Waals surface area (Å²) in [5, 5.41) is 22.0. The monoisotopic (exact) mass is 283 g/mol. The first-order valence-corrected chi connectivity index (χ1v) is 7.02. The van der Waals surface area contributed by atoms with Crippen LogP contribution in [-0.2, 0) is 4.74 Å². The third-order valence-electron chi connectivity index (χ3n) is 3.23. The van der Waals surface area contributed by atoms with Crippen molar-refractivity contribution in [1.82, 2.24) is 4.57 Å². The first kappa shape index (κ1) is 12.3. The van der Waals surface area contributed by atoms with Crippen LogP contribution in [0.4, 0.5) is 0 Å². The number of hydrogen-bond donors (Lipinski definition) is 2. The Bertz CT molecular complexity index is 621. The van der Waals surface area contributed by atoms with E-state index in [0.717, 1.165) is 14.7 Å². The molecule has 6 heteroatoms. The number of aliphatic hydroxyl groups excluding tert-OH is 2. The molecule has 1 aliphatic heterocycles. The first-order valence-electron chi connectivity index (χ1n) is 5.73. The predicted molar refractivity (Wildman–Crippen MR) is 72.3 cm³/mol. The van der Waals surface area contributed by atoms with Crippen molar-refractivity contribution >= 4 is 33.6 Å². The van der Waals surface area contributed by atoms with Gasteiger partial charge in [0.25, 0.3) is 0 Å². The van der Waals surface area contributed by atoms with Gasteiger partial charge in [-0.1, -0.05) is 12.2 Å². The van der Waals surface area contributed by atoms with Crippen LogP contribution in [0.1, 0.15) is 12.6 Å². The van der Waals surface area contributed by atoms with Crippen molar-refractivity contribution in [1.29, 1.82) is 0 Å². The van der Waals surface area contributed by atoms with Crippen LogP contribution in [0.25, 0.3) is 10.1 Å². The summed E-state index contributed by atoms with van der Waals surface area (Å²) in [4.78, 5) is 0. The van der Waals surface area contributed by atoms with E-state index in [0.29, 0.717) is 6.42 Å². The van der Waals surface area contributed by atoms with Gasteiger partial charge in [-0.2, -0.15) is 0 Å². The summed E-state index contributed by atoms with van der Waals surface area (Å²) in [5.41, 5.74) is 0. The fourth-order valence-electron chi connectivity index (χ4n) is 2.25. The van der Waals surface area contributed by atoms with E-state index in [1.807, 2.05) is 28.3 Å². The normalized spacial score (nSPS) is 28.0. The molecule has 0 spiro atoms. The molecule has 3 rings (SSSR count). The van der Waals surface area contributed by atoms with E-state index in [1.54, 1.807) is 11.3 Å². The standard InChI is InChI=1S/C12H13NO3S2/c14-6-9-8(15)5-10(16-9)13-3-1-7-2-4-18-11(7)12(13)17/h1-4,8-10,14-15H,5-6H2/t8-,9-,10-/m1/s1. The van der Waals surface area contributed by atoms with Crippen LogP contribution in [-0.4, -0.2) is 33.6 Å². The van der Waals surface area contributed by atoms with Crippen molar-refractivity contribution < 1.29 is 14.9 Å². The Kier molecular flexibility index (Phi) is 3.21. The summed E-state index contributed by atoms with van der Waals surface area (Å²) in [7, 11) is 0. The SMILES string of the molecule is OC[C@H]1O[C@@H](n2ccc3ccsc3c2=S)C[C@H]1O. The Morgan fingerprint density at radius 2 is 2.33 bits per heavy atom. The highest BCUT2D eigenvalue weighted by atomic mass is 32.1. The van der Waals surface area contributed by atoms with E-state index in [-0.39, 0.29) is 12.8 Å². The molecule has 1 fully saturated rings. The maximum atomic E-state index is 9.76. The number of thiophene rings is 1. The van der Waals surface area contributed by atoms with E-state index in [9.17, 15) is 5.11 Å². The van der Waals surface area contributed by atoms with Gasteiger partial charge in [0, 0.05) is 12.6 Å². The molecule has 3 atom stereocenters. The zero-order chi connectivity index (χ0) is 12.7. The van der Waals surface area contributed by atoms with Gasteiger partial charge in [0.2, 0.25) is 0 Å². The van der Waals surface area contributed by atoms with Gasteiger partial charge in [-0.3, -0.25) is 0 Å². The molecule has 0 bridgehead atoms. The van der Waals surface area contributed by atoms with E-state index in [4.69, 9.17) is 22.1 Å². The van der Waals surface area contributed by atoms with Gasteiger partial charge in [-0.05, 0) is 22.9 Å². The van der Waals surface area contributed by atoms with Crippen molar-refractivity contribution in [2.45, 2.75) is 24.9 Å². The summed E-state index contributed by atoms with van der Waals surface area (Å²) in [6.07, 6.45) is 0.887. The van der Waals surface area contributed by atoms with Crippen LogP contribution >= 0.6 is 23.6 Å². The van der Waals surface area contributed by atoms with Crippen LogP contribution in [0.3, 0.4) is 0 Å². The van der Waals surface area contributed by atoms with Gasteiger partial charge < -0.3 is 19.5 Å². The zero-order valence-electron chi connectivity index (χ0n) is 9.52. The molecular formula is C12H13NO3S2. The van der Waals surface area contributed by atoms with Crippen molar-refractivity contribution in [3.63, 3.8) is 0 Å². The van der Waals surface area contributed by atoms with Crippen LogP contribution < -0.4 is 0 Å². The van der Waals surface area contributed by atoms with E-state index < -0.39 is 12.2 Å². The van der Waals surface area contributed by atoms with Crippen LogP contribution in [0.5, 0.6) is 0 Å². The second-order valence-electron chi connectivity index (χ2n) is 4.35. The van der Waals surface area contributed by atoms with Crippen LogP contribution in [0.15, 0.2) is 23.7 Å². The third kappa shape index (κ3) is 1.90. The first-order chi connectivity index (χ1) is 8.70. The Morgan fingerprint density at radius 3 is 3.06 bits per heavy atom. The average Bonchev–Trinajstić information content (AvgIpc) is 2.96. The number of pyridine rings is 1. The zero-order valence-corrected chi connectivity index (χ0v) is 11.2. The van der Waals surface area contributed by atoms with Gasteiger partial charge in [-0.15, -0.1) is 11.3 Å². The smallest absolute Gasteiger partial charge is 0.137 e.